The summed E-state index contributed by atoms with van der Waals surface area (Å²) in [4.78, 5) is 2.71. The van der Waals surface area contributed by atoms with Gasteiger partial charge in [-0.3, -0.25) is 0 Å². The SMILES string of the molecule is CC(C)CCC[C@@H](C)[C@H]1CC[C@H]2[C@@H]3CC=C4C[C@@H](OCCCCCCS[C@H]5O[C@H](CN=[N+]=[N-])[C@@H](O)[C@H](O)[C@@H]5O)CC[C@]4(C)[C@H]3CC[C@]12C. The first-order valence-electron chi connectivity index (χ1n) is 19.6. The van der Waals surface area contributed by atoms with Crippen LogP contribution >= 0.6 is 11.8 Å². The van der Waals surface area contributed by atoms with E-state index >= 15 is 0 Å². The third kappa shape index (κ3) is 8.45. The molecule has 4 aliphatic carbocycles. The number of azide groups is 1. The lowest BCUT2D eigenvalue weighted by molar-refractivity contribution is -0.194. The summed E-state index contributed by atoms with van der Waals surface area (Å²) in [6.45, 7) is 13.4. The van der Waals surface area contributed by atoms with Gasteiger partial charge in [0, 0.05) is 11.5 Å². The topological polar surface area (TPSA) is 128 Å². The predicted octanol–water partition coefficient (Wildman–Crippen LogP) is 8.82. The van der Waals surface area contributed by atoms with Gasteiger partial charge in [-0.15, -0.1) is 11.8 Å². The maximum absolute atomic E-state index is 10.3. The second-order valence-electron chi connectivity index (χ2n) is 17.2. The van der Waals surface area contributed by atoms with Crippen molar-refractivity contribution in [3.05, 3.63) is 22.1 Å². The highest BCUT2D eigenvalue weighted by Gasteiger charge is 2.59. The van der Waals surface area contributed by atoms with Crippen LogP contribution in [0.5, 0.6) is 0 Å². The van der Waals surface area contributed by atoms with Gasteiger partial charge in [-0.1, -0.05) is 83.5 Å². The molecule has 3 saturated carbocycles. The van der Waals surface area contributed by atoms with Crippen LogP contribution in [-0.4, -0.2) is 70.2 Å². The number of aliphatic hydroxyl groups excluding tert-OH is 3. The van der Waals surface area contributed by atoms with Crippen molar-refractivity contribution in [3.8, 4) is 0 Å². The van der Waals surface area contributed by atoms with Gasteiger partial charge in [0.05, 0.1) is 18.8 Å². The smallest absolute Gasteiger partial charge is 0.132 e. The van der Waals surface area contributed by atoms with E-state index in [0.29, 0.717) is 16.9 Å². The van der Waals surface area contributed by atoms with Gasteiger partial charge in [0.1, 0.15) is 23.7 Å². The van der Waals surface area contributed by atoms with Crippen molar-refractivity contribution in [3.63, 3.8) is 0 Å². The highest BCUT2D eigenvalue weighted by Crippen LogP contribution is 2.67. The Kier molecular flexibility index (Phi) is 13.7. The molecule has 1 heterocycles. The van der Waals surface area contributed by atoms with Crippen molar-refractivity contribution in [1.82, 2.24) is 0 Å². The van der Waals surface area contributed by atoms with E-state index in [1.165, 1.54) is 76.0 Å². The Morgan fingerprint density at radius 3 is 2.52 bits per heavy atom. The van der Waals surface area contributed by atoms with Gasteiger partial charge in [0.25, 0.3) is 0 Å². The molecule has 5 aliphatic rings. The molecule has 0 aromatic rings. The summed E-state index contributed by atoms with van der Waals surface area (Å²) in [6, 6.07) is 0. The quantitative estimate of drug-likeness (QED) is 0.0489. The second-order valence-corrected chi connectivity index (χ2v) is 18.4. The summed E-state index contributed by atoms with van der Waals surface area (Å²) >= 11 is 1.45. The molecule has 3 N–H and O–H groups in total. The van der Waals surface area contributed by atoms with Crippen molar-refractivity contribution in [2.75, 3.05) is 18.9 Å². The molecule has 0 amide bonds. The van der Waals surface area contributed by atoms with E-state index in [0.717, 1.165) is 80.0 Å². The fraction of sp³-hybridized carbons (Fsp3) is 0.949. The average Bonchev–Trinajstić information content (AvgIpc) is 3.42. The van der Waals surface area contributed by atoms with Crippen LogP contribution in [0.3, 0.4) is 0 Å². The van der Waals surface area contributed by atoms with E-state index in [4.69, 9.17) is 15.0 Å². The third-order valence-corrected chi connectivity index (χ3v) is 15.2. The minimum Gasteiger partial charge on any atom is -0.388 e. The summed E-state index contributed by atoms with van der Waals surface area (Å²) in [6.07, 6.45) is 17.6. The Morgan fingerprint density at radius 2 is 1.75 bits per heavy atom. The molecule has 1 aliphatic heterocycles. The molecule has 5 rings (SSSR count). The molecule has 0 unspecified atom stereocenters. The molecule has 0 spiro atoms. The van der Waals surface area contributed by atoms with E-state index in [9.17, 15) is 15.3 Å². The largest absolute Gasteiger partial charge is 0.388 e. The molecule has 4 fully saturated rings. The fourth-order valence-electron chi connectivity index (χ4n) is 11.1. The summed E-state index contributed by atoms with van der Waals surface area (Å²) < 4.78 is 12.2. The zero-order chi connectivity index (χ0) is 34.5. The fourth-order valence-corrected chi connectivity index (χ4v) is 12.3. The van der Waals surface area contributed by atoms with Crippen LogP contribution in [0.4, 0.5) is 0 Å². The summed E-state index contributed by atoms with van der Waals surface area (Å²) in [5.74, 6) is 6.05. The lowest BCUT2D eigenvalue weighted by atomic mass is 9.47. The summed E-state index contributed by atoms with van der Waals surface area (Å²) in [7, 11) is 0. The number of rotatable bonds is 16. The van der Waals surface area contributed by atoms with Gasteiger partial charge in [0.15, 0.2) is 0 Å². The number of hydrogen-bond donors (Lipinski definition) is 3. The molecule has 274 valence electrons. The molecule has 0 bridgehead atoms. The van der Waals surface area contributed by atoms with E-state index in [1.807, 2.05) is 0 Å². The number of fused-ring (bicyclic) bond motifs is 5. The average molecular weight is 690 g/mol. The van der Waals surface area contributed by atoms with E-state index in [2.05, 4.69) is 50.7 Å². The molecular formula is C39H67N3O5S. The first-order chi connectivity index (χ1) is 23.0. The van der Waals surface area contributed by atoms with E-state index in [1.54, 1.807) is 5.57 Å². The van der Waals surface area contributed by atoms with E-state index in [-0.39, 0.29) is 6.54 Å². The van der Waals surface area contributed by atoms with Gasteiger partial charge in [-0.25, -0.2) is 0 Å². The molecule has 8 nitrogen and oxygen atoms in total. The normalized spacial score (nSPS) is 41.6. The Hall–Kier alpha value is -0.800. The Balaban J connectivity index is 1.01. The van der Waals surface area contributed by atoms with Crippen LogP contribution in [0, 0.1) is 46.3 Å². The number of aliphatic hydroxyl groups is 3. The number of nitrogens with zero attached hydrogens (tertiary/aromatic N) is 3. The Bertz CT molecular complexity index is 1120. The van der Waals surface area contributed by atoms with Crippen LogP contribution in [-0.2, 0) is 9.47 Å². The number of ether oxygens (including phenoxy) is 2. The van der Waals surface area contributed by atoms with Gasteiger partial charge in [-0.05, 0) is 122 Å². The van der Waals surface area contributed by atoms with Gasteiger partial charge >= 0.3 is 0 Å². The Labute approximate surface area is 295 Å². The first-order valence-corrected chi connectivity index (χ1v) is 20.7. The maximum Gasteiger partial charge on any atom is 0.132 e. The minimum absolute atomic E-state index is 0.0737. The maximum atomic E-state index is 10.3. The molecule has 0 aromatic carbocycles. The standard InChI is InChI=1S/C39H67N3O5S/c1-25(2)11-10-12-26(3)30-15-16-31-29-14-13-27-23-28(17-19-38(27,4)32(29)18-20-39(30,31)5)46-21-8-6-7-9-22-48-37-36(45)35(44)34(43)33(47-37)24-41-42-40/h13,25-26,28-37,43-45H,6-12,14-24H2,1-5H3/t26-,28+,29+,30-,31+,32+,33-,34-,35+,36+,37-,38+,39-/m1/s1. The van der Waals surface area contributed by atoms with Crippen LogP contribution in [0.25, 0.3) is 10.4 Å². The van der Waals surface area contributed by atoms with Crippen LogP contribution in [0.1, 0.15) is 131 Å². The van der Waals surface area contributed by atoms with Crippen molar-refractivity contribution < 1.29 is 24.8 Å². The van der Waals surface area contributed by atoms with Crippen molar-refractivity contribution in [1.29, 1.82) is 0 Å². The zero-order valence-electron chi connectivity index (χ0n) is 30.6. The Morgan fingerprint density at radius 1 is 0.958 bits per heavy atom. The highest BCUT2D eigenvalue weighted by molar-refractivity contribution is 7.99. The second kappa shape index (κ2) is 17.1. The first kappa shape index (κ1) is 38.4. The minimum atomic E-state index is -1.31. The molecule has 0 radical (unpaired) electrons. The van der Waals surface area contributed by atoms with Crippen molar-refractivity contribution >= 4 is 11.8 Å². The number of allylic oxidation sites excluding steroid dienone is 1. The molecule has 9 heteroatoms. The zero-order valence-corrected chi connectivity index (χ0v) is 31.5. The molecule has 48 heavy (non-hydrogen) atoms. The van der Waals surface area contributed by atoms with Crippen LogP contribution < -0.4 is 0 Å². The van der Waals surface area contributed by atoms with Crippen LogP contribution in [0.15, 0.2) is 16.8 Å². The van der Waals surface area contributed by atoms with Gasteiger partial charge in [0.2, 0.25) is 0 Å². The lowest BCUT2D eigenvalue weighted by Crippen LogP contribution is -2.57. The van der Waals surface area contributed by atoms with Crippen molar-refractivity contribution in [2.45, 2.75) is 167 Å². The lowest BCUT2D eigenvalue weighted by Gasteiger charge is -2.58. The van der Waals surface area contributed by atoms with E-state index < -0.39 is 29.9 Å². The molecule has 1 saturated heterocycles. The van der Waals surface area contributed by atoms with Crippen molar-refractivity contribution in [2.24, 2.45) is 51.5 Å². The number of unbranched alkanes of at least 4 members (excludes halogenated alkanes) is 3. The third-order valence-electron chi connectivity index (χ3n) is 13.9. The monoisotopic (exact) mass is 689 g/mol. The number of thioether (sulfide) groups is 1. The molecule has 13 atom stereocenters. The summed E-state index contributed by atoms with van der Waals surface area (Å²) in [5, 5.41) is 34.1. The van der Waals surface area contributed by atoms with Gasteiger partial charge < -0.3 is 24.8 Å². The van der Waals surface area contributed by atoms with Gasteiger partial charge in [-0.2, -0.15) is 0 Å². The predicted molar refractivity (Wildman–Crippen MR) is 194 cm³/mol. The summed E-state index contributed by atoms with van der Waals surface area (Å²) in [5.41, 5.74) is 10.6. The molecular weight excluding hydrogens is 623 g/mol. The molecule has 0 aromatic heterocycles. The number of hydrogen-bond acceptors (Lipinski definition) is 7. The highest BCUT2D eigenvalue weighted by atomic mass is 32.2. The van der Waals surface area contributed by atoms with Crippen LogP contribution in [0.2, 0.25) is 0 Å².